The molecule has 2 aromatic rings. The molecule has 0 atom stereocenters. The number of aromatic amines is 1. The van der Waals surface area contributed by atoms with Crippen LogP contribution >= 0.6 is 0 Å². The van der Waals surface area contributed by atoms with E-state index in [1.807, 2.05) is 0 Å². The molecule has 1 aromatic carbocycles. The van der Waals surface area contributed by atoms with Crippen LogP contribution in [0.4, 0.5) is 11.5 Å². The van der Waals surface area contributed by atoms with E-state index >= 15 is 0 Å². The number of aromatic nitrogens is 2. The number of nitrogens with one attached hydrogen (secondary N) is 3. The average Bonchev–Trinajstić information content (AvgIpc) is 2.56. The van der Waals surface area contributed by atoms with E-state index in [-0.39, 0.29) is 27.7 Å². The summed E-state index contributed by atoms with van der Waals surface area (Å²) in [7, 11) is -1.10. The molecular formula is C13H15N5O5S. The van der Waals surface area contributed by atoms with Gasteiger partial charge in [0.15, 0.2) is 0 Å². The Kier molecular flexibility index (Phi) is 4.85. The van der Waals surface area contributed by atoms with Crippen molar-refractivity contribution >= 4 is 27.4 Å². The molecule has 0 aliphatic rings. The van der Waals surface area contributed by atoms with Gasteiger partial charge >= 0.3 is 5.69 Å². The molecule has 1 amide bonds. The van der Waals surface area contributed by atoms with Gasteiger partial charge in [0, 0.05) is 6.07 Å². The minimum atomic E-state index is -3.68. The van der Waals surface area contributed by atoms with E-state index in [1.54, 1.807) is 0 Å². The van der Waals surface area contributed by atoms with Gasteiger partial charge < -0.3 is 15.8 Å². The van der Waals surface area contributed by atoms with Gasteiger partial charge in [0.05, 0.1) is 23.8 Å². The molecule has 1 aromatic heterocycles. The minimum Gasteiger partial charge on any atom is -0.496 e. The number of methoxy groups -OCH3 is 1. The summed E-state index contributed by atoms with van der Waals surface area (Å²) in [6.07, 6.45) is 1.11. The van der Waals surface area contributed by atoms with Gasteiger partial charge in [0.25, 0.3) is 5.91 Å². The minimum absolute atomic E-state index is 0.0522. The van der Waals surface area contributed by atoms with Crippen LogP contribution in [0.1, 0.15) is 10.4 Å². The first kappa shape index (κ1) is 17.4. The first-order valence-corrected chi connectivity index (χ1v) is 8.04. The highest BCUT2D eigenvalue weighted by Crippen LogP contribution is 2.24. The molecule has 0 saturated carbocycles. The monoisotopic (exact) mass is 353 g/mol. The fourth-order valence-electron chi connectivity index (χ4n) is 1.84. The van der Waals surface area contributed by atoms with Gasteiger partial charge in [0.1, 0.15) is 17.3 Å². The van der Waals surface area contributed by atoms with E-state index in [1.165, 1.54) is 32.4 Å². The SMILES string of the molecule is CNS(=O)(=O)c1ccc(C(=O)Nc2cnc(=O)[nH]c2N)c(OC)c1. The van der Waals surface area contributed by atoms with E-state index in [4.69, 9.17) is 10.5 Å². The van der Waals surface area contributed by atoms with Crippen molar-refractivity contribution in [2.24, 2.45) is 0 Å². The van der Waals surface area contributed by atoms with Gasteiger partial charge in [0.2, 0.25) is 10.0 Å². The fourth-order valence-corrected chi connectivity index (χ4v) is 2.59. The molecule has 0 spiro atoms. The molecule has 0 radical (unpaired) electrons. The Labute approximate surface area is 137 Å². The number of hydrogen-bond donors (Lipinski definition) is 4. The Morgan fingerprint density at radius 1 is 1.38 bits per heavy atom. The zero-order valence-electron chi connectivity index (χ0n) is 12.8. The number of benzene rings is 1. The lowest BCUT2D eigenvalue weighted by Gasteiger charge is -2.12. The van der Waals surface area contributed by atoms with Crippen LogP contribution in [-0.2, 0) is 10.0 Å². The molecular weight excluding hydrogens is 338 g/mol. The highest BCUT2D eigenvalue weighted by molar-refractivity contribution is 7.89. The average molecular weight is 353 g/mol. The second-order valence-corrected chi connectivity index (χ2v) is 6.43. The maximum atomic E-state index is 12.3. The largest absolute Gasteiger partial charge is 0.496 e. The zero-order valence-corrected chi connectivity index (χ0v) is 13.6. The topological polar surface area (TPSA) is 156 Å². The van der Waals surface area contributed by atoms with E-state index < -0.39 is 21.6 Å². The smallest absolute Gasteiger partial charge is 0.346 e. The first-order chi connectivity index (χ1) is 11.3. The Morgan fingerprint density at radius 3 is 2.67 bits per heavy atom. The maximum absolute atomic E-state index is 12.3. The van der Waals surface area contributed by atoms with Crippen molar-refractivity contribution in [2.45, 2.75) is 4.90 Å². The number of nitrogen functional groups attached to an aromatic ring is 1. The van der Waals surface area contributed by atoms with Crippen molar-refractivity contribution in [1.82, 2.24) is 14.7 Å². The van der Waals surface area contributed by atoms with E-state index in [0.29, 0.717) is 0 Å². The van der Waals surface area contributed by atoms with Crippen LogP contribution in [0, 0.1) is 0 Å². The second-order valence-electron chi connectivity index (χ2n) is 4.54. The number of anilines is 2. The van der Waals surface area contributed by atoms with Gasteiger partial charge in [-0.15, -0.1) is 0 Å². The molecule has 11 heteroatoms. The van der Waals surface area contributed by atoms with Gasteiger partial charge in [-0.05, 0) is 19.2 Å². The number of nitrogens with two attached hydrogens (primary N) is 1. The quantitative estimate of drug-likeness (QED) is 0.565. The predicted octanol–water partition coefficient (Wildman–Crippen LogP) is -0.479. The van der Waals surface area contributed by atoms with Gasteiger partial charge in [-0.1, -0.05) is 0 Å². The molecule has 5 N–H and O–H groups in total. The van der Waals surface area contributed by atoms with Gasteiger partial charge in [-0.3, -0.25) is 9.78 Å². The molecule has 0 fully saturated rings. The Bertz CT molecular complexity index is 938. The molecule has 0 aliphatic carbocycles. The van der Waals surface area contributed by atoms with E-state index in [9.17, 15) is 18.0 Å². The summed E-state index contributed by atoms with van der Waals surface area (Å²) in [4.78, 5) is 29.0. The van der Waals surface area contributed by atoms with Crippen LogP contribution in [0.2, 0.25) is 0 Å². The molecule has 0 bridgehead atoms. The summed E-state index contributed by atoms with van der Waals surface area (Å²) in [5.74, 6) is -0.614. The lowest BCUT2D eigenvalue weighted by molar-refractivity contribution is 0.102. The zero-order chi connectivity index (χ0) is 17.9. The molecule has 10 nitrogen and oxygen atoms in total. The van der Waals surface area contributed by atoms with Gasteiger partial charge in [-0.2, -0.15) is 4.98 Å². The number of nitrogens with zero attached hydrogens (tertiary/aromatic N) is 1. The molecule has 0 unspecified atom stereocenters. The molecule has 24 heavy (non-hydrogen) atoms. The van der Waals surface area contributed by atoms with Crippen LogP contribution in [-0.4, -0.2) is 38.5 Å². The Balaban J connectivity index is 2.37. The summed E-state index contributed by atoms with van der Waals surface area (Å²) in [5.41, 5.74) is 5.13. The standard InChI is InChI=1S/C13H15N5O5S/c1-15-24(21,22)7-3-4-8(10(5-7)23-2)12(19)17-9-6-16-13(20)18-11(9)14/h3-6,15H,1-2H3,(H,17,19)(H3,14,16,18,20). The number of carbonyl (C=O) groups is 1. The summed E-state index contributed by atoms with van der Waals surface area (Å²) in [5, 5.41) is 2.46. The lowest BCUT2D eigenvalue weighted by Crippen LogP contribution is -2.20. The van der Waals surface area contributed by atoms with Gasteiger partial charge in [-0.25, -0.2) is 17.9 Å². The molecule has 2 rings (SSSR count). The lowest BCUT2D eigenvalue weighted by atomic mass is 10.2. The summed E-state index contributed by atoms with van der Waals surface area (Å²) < 4.78 is 30.8. The summed E-state index contributed by atoms with van der Waals surface area (Å²) in [6, 6.07) is 3.78. The third kappa shape index (κ3) is 3.52. The molecule has 0 saturated heterocycles. The summed E-state index contributed by atoms with van der Waals surface area (Å²) in [6.45, 7) is 0. The number of amides is 1. The van der Waals surface area contributed by atoms with Crippen molar-refractivity contribution in [1.29, 1.82) is 0 Å². The third-order valence-corrected chi connectivity index (χ3v) is 4.50. The third-order valence-electron chi connectivity index (χ3n) is 3.09. The normalized spacial score (nSPS) is 11.1. The molecule has 1 heterocycles. The second kappa shape index (κ2) is 6.68. The molecule has 128 valence electrons. The van der Waals surface area contributed by atoms with Crippen molar-refractivity contribution in [3.05, 3.63) is 40.4 Å². The fraction of sp³-hybridized carbons (Fsp3) is 0.154. The van der Waals surface area contributed by atoms with Crippen LogP contribution in [0.3, 0.4) is 0 Å². The van der Waals surface area contributed by atoms with Crippen LogP contribution < -0.4 is 26.2 Å². The van der Waals surface area contributed by atoms with E-state index in [0.717, 1.165) is 6.20 Å². The number of ether oxygens (including phenoxy) is 1. The number of carbonyl (C=O) groups excluding carboxylic acids is 1. The highest BCUT2D eigenvalue weighted by Gasteiger charge is 2.19. The van der Waals surface area contributed by atoms with Crippen molar-refractivity contribution in [3.8, 4) is 5.75 Å². The first-order valence-electron chi connectivity index (χ1n) is 6.56. The van der Waals surface area contributed by atoms with Crippen LogP contribution in [0.5, 0.6) is 5.75 Å². The maximum Gasteiger partial charge on any atom is 0.346 e. The number of rotatable bonds is 5. The highest BCUT2D eigenvalue weighted by atomic mass is 32.2. The number of hydrogen-bond acceptors (Lipinski definition) is 7. The van der Waals surface area contributed by atoms with Crippen LogP contribution in [0.15, 0.2) is 34.1 Å². The van der Waals surface area contributed by atoms with Crippen LogP contribution in [0.25, 0.3) is 0 Å². The number of sulfonamides is 1. The molecule has 0 aliphatic heterocycles. The Morgan fingerprint density at radius 2 is 2.08 bits per heavy atom. The van der Waals surface area contributed by atoms with Crippen molar-refractivity contribution < 1.29 is 17.9 Å². The number of H-pyrrole nitrogens is 1. The predicted molar refractivity (Wildman–Crippen MR) is 86.5 cm³/mol. The van der Waals surface area contributed by atoms with Crippen molar-refractivity contribution in [3.63, 3.8) is 0 Å². The van der Waals surface area contributed by atoms with Crippen molar-refractivity contribution in [2.75, 3.05) is 25.2 Å². The summed E-state index contributed by atoms with van der Waals surface area (Å²) >= 11 is 0. The Hall–Kier alpha value is -2.92. The van der Waals surface area contributed by atoms with E-state index in [2.05, 4.69) is 20.0 Å².